The van der Waals surface area contributed by atoms with Crippen LogP contribution in [0.1, 0.15) is 25.0 Å². The highest BCUT2D eigenvalue weighted by Gasteiger charge is 2.36. The molecule has 124 valence electrons. The van der Waals surface area contributed by atoms with Gasteiger partial charge in [0, 0.05) is 25.6 Å². The van der Waals surface area contributed by atoms with Crippen molar-refractivity contribution in [1.29, 1.82) is 0 Å². The van der Waals surface area contributed by atoms with Crippen LogP contribution in [0.15, 0.2) is 72.8 Å². The van der Waals surface area contributed by atoms with Crippen molar-refractivity contribution in [3.05, 3.63) is 83.9 Å². The Kier molecular flexibility index (Phi) is 2.65. The first-order valence-electron chi connectivity index (χ1n) is 9.13. The maximum atomic E-state index is 2.36. The van der Waals surface area contributed by atoms with E-state index < -0.39 is 0 Å². The van der Waals surface area contributed by atoms with Gasteiger partial charge in [0.1, 0.15) is 0 Å². The van der Waals surface area contributed by atoms with Crippen molar-refractivity contribution in [1.82, 2.24) is 0 Å². The molecule has 0 aliphatic heterocycles. The quantitative estimate of drug-likeness (QED) is 0.271. The molecule has 1 aliphatic rings. The molecule has 1 heterocycles. The molecule has 26 heavy (non-hydrogen) atoms. The van der Waals surface area contributed by atoms with E-state index in [4.69, 9.17) is 0 Å². The molecule has 0 N–H and O–H groups in total. The second-order valence-electron chi connectivity index (χ2n) is 7.79. The molecule has 0 fully saturated rings. The van der Waals surface area contributed by atoms with Gasteiger partial charge in [0.2, 0.25) is 0 Å². The van der Waals surface area contributed by atoms with Gasteiger partial charge in [-0.3, -0.25) is 0 Å². The van der Waals surface area contributed by atoms with Crippen LogP contribution in [0.25, 0.3) is 42.1 Å². The van der Waals surface area contributed by atoms with Gasteiger partial charge in [-0.15, -0.1) is 11.3 Å². The molecule has 1 aliphatic carbocycles. The van der Waals surface area contributed by atoms with E-state index in [0.29, 0.717) is 0 Å². The van der Waals surface area contributed by atoms with Gasteiger partial charge in [0.05, 0.1) is 0 Å². The fourth-order valence-electron chi connectivity index (χ4n) is 4.82. The molecule has 0 amide bonds. The summed E-state index contributed by atoms with van der Waals surface area (Å²) in [4.78, 5) is 0. The molecule has 1 heteroatoms. The maximum Gasteiger partial charge on any atom is 0.0362 e. The number of hydrogen-bond acceptors (Lipinski definition) is 1. The van der Waals surface area contributed by atoms with E-state index in [2.05, 4.69) is 86.6 Å². The minimum absolute atomic E-state index is 0.0497. The highest BCUT2D eigenvalue weighted by molar-refractivity contribution is 7.26. The van der Waals surface area contributed by atoms with Gasteiger partial charge in [-0.05, 0) is 45.2 Å². The second kappa shape index (κ2) is 4.75. The van der Waals surface area contributed by atoms with Crippen LogP contribution in [0, 0.1) is 0 Å². The molecule has 0 saturated carbocycles. The third-order valence-electron chi connectivity index (χ3n) is 6.07. The Hall–Kier alpha value is -2.64. The molecule has 0 atom stereocenters. The first kappa shape index (κ1) is 14.5. The maximum absolute atomic E-state index is 2.36. The van der Waals surface area contributed by atoms with Crippen LogP contribution in [-0.2, 0) is 5.41 Å². The smallest absolute Gasteiger partial charge is 0.0362 e. The fourth-order valence-corrected chi connectivity index (χ4v) is 5.94. The number of hydrogen-bond donors (Lipinski definition) is 0. The van der Waals surface area contributed by atoms with E-state index in [1.165, 1.54) is 53.2 Å². The van der Waals surface area contributed by atoms with E-state index in [9.17, 15) is 0 Å². The molecule has 5 aromatic rings. The zero-order valence-corrected chi connectivity index (χ0v) is 15.7. The first-order chi connectivity index (χ1) is 12.7. The molecule has 0 bridgehead atoms. The fraction of sp³-hybridized carbons (Fsp3) is 0.120. The van der Waals surface area contributed by atoms with Gasteiger partial charge < -0.3 is 0 Å². The van der Waals surface area contributed by atoms with Crippen LogP contribution < -0.4 is 0 Å². The predicted octanol–water partition coefficient (Wildman–Crippen LogP) is 7.51. The molecule has 0 spiro atoms. The van der Waals surface area contributed by atoms with Crippen molar-refractivity contribution in [3.8, 4) is 11.1 Å². The molecule has 4 aromatic carbocycles. The predicted molar refractivity (Wildman–Crippen MR) is 114 cm³/mol. The molecular weight excluding hydrogens is 332 g/mol. The average molecular weight is 350 g/mol. The number of thiophene rings is 1. The first-order valence-corrected chi connectivity index (χ1v) is 9.95. The average Bonchev–Trinajstić information content (AvgIpc) is 3.15. The summed E-state index contributed by atoms with van der Waals surface area (Å²) >= 11 is 1.90. The summed E-state index contributed by atoms with van der Waals surface area (Å²) < 4.78 is 2.76. The topological polar surface area (TPSA) is 0 Å². The summed E-state index contributed by atoms with van der Waals surface area (Å²) in [5.74, 6) is 0. The van der Waals surface area contributed by atoms with Crippen molar-refractivity contribution in [3.63, 3.8) is 0 Å². The monoisotopic (exact) mass is 350 g/mol. The standard InChI is InChI=1S/C25H18S/c1-25(2)18-9-5-3-7-16(18)23-19(25)13-11-15-12-14-21-24(22(15)23)17-8-4-6-10-20(17)26-21/h3-14H,1-2H3. The zero-order valence-electron chi connectivity index (χ0n) is 14.8. The van der Waals surface area contributed by atoms with Gasteiger partial charge >= 0.3 is 0 Å². The summed E-state index contributed by atoms with van der Waals surface area (Å²) in [7, 11) is 0. The van der Waals surface area contributed by atoms with E-state index in [0.717, 1.165) is 0 Å². The minimum atomic E-state index is 0.0497. The van der Waals surface area contributed by atoms with Crippen molar-refractivity contribution in [2.75, 3.05) is 0 Å². The van der Waals surface area contributed by atoms with Gasteiger partial charge in [-0.2, -0.15) is 0 Å². The third kappa shape index (κ3) is 1.65. The Morgan fingerprint density at radius 1 is 0.654 bits per heavy atom. The Morgan fingerprint density at radius 3 is 2.35 bits per heavy atom. The van der Waals surface area contributed by atoms with Crippen molar-refractivity contribution >= 4 is 42.3 Å². The zero-order chi connectivity index (χ0) is 17.5. The highest BCUT2D eigenvalue weighted by atomic mass is 32.1. The van der Waals surface area contributed by atoms with Crippen LogP contribution in [-0.4, -0.2) is 0 Å². The van der Waals surface area contributed by atoms with Crippen molar-refractivity contribution in [2.24, 2.45) is 0 Å². The van der Waals surface area contributed by atoms with E-state index in [-0.39, 0.29) is 5.41 Å². The summed E-state index contributed by atoms with van der Waals surface area (Å²) in [6, 6.07) is 27.0. The second-order valence-corrected chi connectivity index (χ2v) is 8.88. The Morgan fingerprint density at radius 2 is 1.42 bits per heavy atom. The Labute approximate surface area is 156 Å². The van der Waals surface area contributed by atoms with Gasteiger partial charge in [0.25, 0.3) is 0 Å². The lowest BCUT2D eigenvalue weighted by atomic mass is 9.82. The Balaban J connectivity index is 1.93. The van der Waals surface area contributed by atoms with Crippen molar-refractivity contribution in [2.45, 2.75) is 19.3 Å². The van der Waals surface area contributed by atoms with Gasteiger partial charge in [-0.1, -0.05) is 74.5 Å². The summed E-state index contributed by atoms with van der Waals surface area (Å²) in [6.45, 7) is 4.71. The number of fused-ring (bicyclic) bond motifs is 9. The van der Waals surface area contributed by atoms with E-state index in [1.807, 2.05) is 11.3 Å². The molecule has 1 aromatic heterocycles. The largest absolute Gasteiger partial charge is 0.135 e. The third-order valence-corrected chi connectivity index (χ3v) is 7.20. The number of rotatable bonds is 0. The van der Waals surface area contributed by atoms with Gasteiger partial charge in [0.15, 0.2) is 0 Å². The van der Waals surface area contributed by atoms with Crippen LogP contribution in [0.4, 0.5) is 0 Å². The van der Waals surface area contributed by atoms with Crippen LogP contribution >= 0.6 is 11.3 Å². The lowest BCUT2D eigenvalue weighted by Crippen LogP contribution is -2.14. The lowest BCUT2D eigenvalue weighted by molar-refractivity contribution is 0.661. The van der Waals surface area contributed by atoms with Crippen LogP contribution in [0.2, 0.25) is 0 Å². The molecule has 0 saturated heterocycles. The molecule has 0 unspecified atom stereocenters. The highest BCUT2D eigenvalue weighted by Crippen LogP contribution is 2.53. The summed E-state index contributed by atoms with van der Waals surface area (Å²) in [5, 5.41) is 5.57. The van der Waals surface area contributed by atoms with Crippen LogP contribution in [0.3, 0.4) is 0 Å². The normalized spacial score (nSPS) is 14.8. The SMILES string of the molecule is CC1(C)c2ccccc2-c2c1ccc1ccc3sc4ccccc4c3c21. The molecule has 0 nitrogen and oxygen atoms in total. The van der Waals surface area contributed by atoms with Crippen LogP contribution in [0.5, 0.6) is 0 Å². The lowest BCUT2D eigenvalue weighted by Gasteiger charge is -2.21. The number of benzene rings is 4. The van der Waals surface area contributed by atoms with Crippen molar-refractivity contribution < 1.29 is 0 Å². The summed E-state index contributed by atoms with van der Waals surface area (Å²) in [6.07, 6.45) is 0. The Bertz CT molecular complexity index is 1350. The van der Waals surface area contributed by atoms with E-state index >= 15 is 0 Å². The molecule has 0 radical (unpaired) electrons. The molecular formula is C25H18S. The minimum Gasteiger partial charge on any atom is -0.135 e. The van der Waals surface area contributed by atoms with E-state index in [1.54, 1.807) is 0 Å². The van der Waals surface area contributed by atoms with Gasteiger partial charge in [-0.25, -0.2) is 0 Å². The molecule has 6 rings (SSSR count). The summed E-state index contributed by atoms with van der Waals surface area (Å²) in [5.41, 5.74) is 5.79.